The number of hydrogen-bond donors (Lipinski definition) is 1. The molecule has 0 aromatic heterocycles. The first-order chi connectivity index (χ1) is 12.9. The van der Waals surface area contributed by atoms with Crippen LogP contribution in [0, 0.1) is 31.6 Å². The number of ether oxygens (including phenoxy) is 2. The van der Waals surface area contributed by atoms with Crippen molar-refractivity contribution >= 4 is 11.9 Å². The van der Waals surface area contributed by atoms with Gasteiger partial charge in [-0.1, -0.05) is 6.07 Å². The average molecular weight is 371 g/mol. The Kier molecular flexibility index (Phi) is 4.87. The van der Waals surface area contributed by atoms with Crippen molar-refractivity contribution in [3.63, 3.8) is 0 Å². The fraction of sp³-hybridized carbons (Fsp3) is 0.636. The molecule has 5 heteroatoms. The summed E-state index contributed by atoms with van der Waals surface area (Å²) in [4.78, 5) is 24.3. The van der Waals surface area contributed by atoms with E-state index in [9.17, 15) is 9.59 Å². The van der Waals surface area contributed by atoms with Crippen molar-refractivity contribution in [3.8, 4) is 5.75 Å². The highest BCUT2D eigenvalue weighted by atomic mass is 16.6. The van der Waals surface area contributed by atoms with Crippen molar-refractivity contribution in [1.29, 1.82) is 0 Å². The van der Waals surface area contributed by atoms with Crippen LogP contribution in [-0.2, 0) is 14.3 Å². The van der Waals surface area contributed by atoms with Gasteiger partial charge in [-0.25, -0.2) is 4.79 Å². The van der Waals surface area contributed by atoms with E-state index in [4.69, 9.17) is 9.47 Å². The van der Waals surface area contributed by atoms with E-state index in [2.05, 4.69) is 5.32 Å². The highest BCUT2D eigenvalue weighted by Gasteiger charge is 2.51. The number of nitrogens with one attached hydrogen (secondary N) is 1. The van der Waals surface area contributed by atoms with Gasteiger partial charge in [-0.15, -0.1) is 0 Å². The summed E-state index contributed by atoms with van der Waals surface area (Å²) in [6, 6.07) is 5.79. The zero-order valence-electron chi connectivity index (χ0n) is 16.3. The zero-order valence-corrected chi connectivity index (χ0v) is 16.3. The molecule has 0 aliphatic heterocycles. The molecule has 4 saturated carbocycles. The van der Waals surface area contributed by atoms with Crippen LogP contribution in [0.2, 0.25) is 0 Å². The molecule has 0 saturated heterocycles. The van der Waals surface area contributed by atoms with Crippen LogP contribution in [0.15, 0.2) is 18.2 Å². The van der Waals surface area contributed by atoms with E-state index in [0.717, 1.165) is 48.1 Å². The van der Waals surface area contributed by atoms with E-state index in [1.54, 1.807) is 0 Å². The fourth-order valence-electron chi connectivity index (χ4n) is 5.94. The Labute approximate surface area is 160 Å². The SMILES string of the molecule is Cc1cc(C)cc(OCC(=O)OCC(=O)NC23CC4CC(CC(C4)C2)C3)c1. The highest BCUT2D eigenvalue weighted by molar-refractivity contribution is 5.81. The number of carbonyl (C=O) groups excluding carboxylic acids is 2. The van der Waals surface area contributed by atoms with Gasteiger partial charge in [0.2, 0.25) is 0 Å². The number of esters is 1. The van der Waals surface area contributed by atoms with E-state index in [-0.39, 0.29) is 24.7 Å². The lowest BCUT2D eigenvalue weighted by atomic mass is 9.53. The van der Waals surface area contributed by atoms with Crippen LogP contribution in [-0.4, -0.2) is 30.6 Å². The van der Waals surface area contributed by atoms with Gasteiger partial charge >= 0.3 is 5.97 Å². The first-order valence-corrected chi connectivity index (χ1v) is 10.1. The topological polar surface area (TPSA) is 64.6 Å². The molecule has 4 fully saturated rings. The summed E-state index contributed by atoms with van der Waals surface area (Å²) in [5.41, 5.74) is 2.11. The third-order valence-electron chi connectivity index (χ3n) is 6.36. The average Bonchev–Trinajstić information content (AvgIpc) is 2.55. The highest BCUT2D eigenvalue weighted by Crippen LogP contribution is 2.55. The number of benzene rings is 1. The summed E-state index contributed by atoms with van der Waals surface area (Å²) in [6.45, 7) is 3.55. The first-order valence-electron chi connectivity index (χ1n) is 10.1. The normalized spacial score (nSPS) is 30.8. The lowest BCUT2D eigenvalue weighted by molar-refractivity contribution is -0.151. The molecule has 1 aromatic carbocycles. The molecular weight excluding hydrogens is 342 g/mol. The van der Waals surface area contributed by atoms with Crippen molar-refractivity contribution < 1.29 is 19.1 Å². The Morgan fingerprint density at radius 1 is 0.963 bits per heavy atom. The minimum atomic E-state index is -0.519. The van der Waals surface area contributed by atoms with Gasteiger partial charge in [-0.2, -0.15) is 0 Å². The molecule has 0 heterocycles. The van der Waals surface area contributed by atoms with Crippen LogP contribution in [0.4, 0.5) is 0 Å². The molecule has 4 aliphatic carbocycles. The molecule has 0 atom stereocenters. The maximum Gasteiger partial charge on any atom is 0.344 e. The second-order valence-electron chi connectivity index (χ2n) is 9.02. The van der Waals surface area contributed by atoms with Crippen LogP contribution < -0.4 is 10.1 Å². The van der Waals surface area contributed by atoms with Gasteiger partial charge in [0.1, 0.15) is 5.75 Å². The van der Waals surface area contributed by atoms with Crippen molar-refractivity contribution in [2.75, 3.05) is 13.2 Å². The number of rotatable bonds is 6. The summed E-state index contributed by atoms with van der Waals surface area (Å²) in [6.07, 6.45) is 7.27. The molecule has 4 aliphatic rings. The van der Waals surface area contributed by atoms with Gasteiger partial charge in [0.25, 0.3) is 5.91 Å². The lowest BCUT2D eigenvalue weighted by Crippen LogP contribution is -2.60. The smallest absolute Gasteiger partial charge is 0.344 e. The van der Waals surface area contributed by atoms with Crippen molar-refractivity contribution in [2.45, 2.75) is 57.9 Å². The Bertz CT molecular complexity index is 686. The molecule has 0 unspecified atom stereocenters. The van der Waals surface area contributed by atoms with E-state index in [0.29, 0.717) is 5.75 Å². The molecule has 0 spiro atoms. The van der Waals surface area contributed by atoms with Gasteiger partial charge in [-0.05, 0) is 93.4 Å². The van der Waals surface area contributed by atoms with Crippen LogP contribution in [0.5, 0.6) is 5.75 Å². The minimum absolute atomic E-state index is 0.0478. The quantitative estimate of drug-likeness (QED) is 0.779. The van der Waals surface area contributed by atoms with E-state index < -0.39 is 5.97 Å². The third-order valence-corrected chi connectivity index (χ3v) is 6.36. The molecule has 1 aromatic rings. The Balaban J connectivity index is 1.23. The summed E-state index contributed by atoms with van der Waals surface area (Å²) in [5, 5.41) is 3.21. The van der Waals surface area contributed by atoms with Crippen LogP contribution in [0.25, 0.3) is 0 Å². The van der Waals surface area contributed by atoms with E-state index in [1.165, 1.54) is 19.3 Å². The lowest BCUT2D eigenvalue weighted by Gasteiger charge is -2.56. The fourth-order valence-corrected chi connectivity index (χ4v) is 5.94. The molecule has 1 amide bonds. The standard InChI is InChI=1S/C22H29NO4/c1-14-3-15(2)5-19(4-14)26-13-21(25)27-12-20(24)23-22-9-16-6-17(10-22)8-18(7-16)11-22/h3-5,16-18H,6-13H2,1-2H3,(H,23,24). The van der Waals surface area contributed by atoms with E-state index >= 15 is 0 Å². The summed E-state index contributed by atoms with van der Waals surface area (Å²) < 4.78 is 10.6. The van der Waals surface area contributed by atoms with Crippen LogP contribution in [0.1, 0.15) is 49.7 Å². The molecule has 27 heavy (non-hydrogen) atoms. The van der Waals surface area contributed by atoms with Crippen LogP contribution in [0.3, 0.4) is 0 Å². The second kappa shape index (κ2) is 7.17. The number of hydrogen-bond acceptors (Lipinski definition) is 4. The monoisotopic (exact) mass is 371 g/mol. The zero-order chi connectivity index (χ0) is 19.0. The molecule has 146 valence electrons. The number of aryl methyl sites for hydroxylation is 2. The second-order valence-corrected chi connectivity index (χ2v) is 9.02. The number of carbonyl (C=O) groups is 2. The maximum atomic E-state index is 12.4. The van der Waals surface area contributed by atoms with Gasteiger partial charge in [0, 0.05) is 5.54 Å². The predicted molar refractivity (Wildman–Crippen MR) is 101 cm³/mol. The summed E-state index contributed by atoms with van der Waals surface area (Å²) >= 11 is 0. The molecule has 1 N–H and O–H groups in total. The molecule has 5 nitrogen and oxygen atoms in total. The largest absolute Gasteiger partial charge is 0.482 e. The predicted octanol–water partition coefficient (Wildman–Crippen LogP) is 3.31. The Morgan fingerprint density at radius 2 is 1.52 bits per heavy atom. The molecule has 5 rings (SSSR count). The van der Waals surface area contributed by atoms with Crippen molar-refractivity contribution in [1.82, 2.24) is 5.32 Å². The summed E-state index contributed by atoms with van der Waals surface area (Å²) in [5.74, 6) is 2.25. The molecule has 0 radical (unpaired) electrons. The van der Waals surface area contributed by atoms with Gasteiger partial charge in [0.05, 0.1) is 0 Å². The Morgan fingerprint density at radius 3 is 2.07 bits per heavy atom. The van der Waals surface area contributed by atoms with Gasteiger partial charge < -0.3 is 14.8 Å². The van der Waals surface area contributed by atoms with Crippen LogP contribution >= 0.6 is 0 Å². The number of amides is 1. The molecule has 4 bridgehead atoms. The summed E-state index contributed by atoms with van der Waals surface area (Å²) in [7, 11) is 0. The first kappa shape index (κ1) is 18.3. The van der Waals surface area contributed by atoms with Crippen molar-refractivity contribution in [3.05, 3.63) is 29.3 Å². The minimum Gasteiger partial charge on any atom is -0.482 e. The molecular formula is C22H29NO4. The van der Waals surface area contributed by atoms with E-state index in [1.807, 2.05) is 32.0 Å². The van der Waals surface area contributed by atoms with Gasteiger partial charge in [0.15, 0.2) is 13.2 Å². The maximum absolute atomic E-state index is 12.4. The van der Waals surface area contributed by atoms with Crippen molar-refractivity contribution in [2.24, 2.45) is 17.8 Å². The Hall–Kier alpha value is -2.04. The van der Waals surface area contributed by atoms with Gasteiger partial charge in [-0.3, -0.25) is 4.79 Å². The third kappa shape index (κ3) is 4.28.